The summed E-state index contributed by atoms with van der Waals surface area (Å²) in [4.78, 5) is 22.1. The predicted molar refractivity (Wildman–Crippen MR) is 97.8 cm³/mol. The molecule has 0 atom stereocenters. The van der Waals surface area contributed by atoms with Crippen molar-refractivity contribution in [2.24, 2.45) is 0 Å². The number of allylic oxidation sites excluding steroid dienone is 3. The summed E-state index contributed by atoms with van der Waals surface area (Å²) in [7, 11) is 0. The highest BCUT2D eigenvalue weighted by molar-refractivity contribution is 6.32. The maximum absolute atomic E-state index is 14.5. The molecule has 0 aliphatic heterocycles. The van der Waals surface area contributed by atoms with Crippen LogP contribution in [0.4, 0.5) is 4.39 Å². The van der Waals surface area contributed by atoms with E-state index in [0.717, 1.165) is 11.1 Å². The lowest BCUT2D eigenvalue weighted by atomic mass is 9.93. The number of aromatic nitrogens is 2. The lowest BCUT2D eigenvalue weighted by Gasteiger charge is -2.08. The smallest absolute Gasteiger partial charge is 0.195 e. The van der Waals surface area contributed by atoms with Crippen LogP contribution in [0, 0.1) is 17.1 Å². The van der Waals surface area contributed by atoms with Gasteiger partial charge in [-0.1, -0.05) is 24.3 Å². The minimum Gasteiger partial charge on any atom is -0.289 e. The largest absolute Gasteiger partial charge is 0.289 e. The van der Waals surface area contributed by atoms with E-state index in [2.05, 4.69) is 9.97 Å². The van der Waals surface area contributed by atoms with Crippen molar-refractivity contribution in [2.75, 3.05) is 0 Å². The van der Waals surface area contributed by atoms with Gasteiger partial charge in [0, 0.05) is 57.4 Å². The zero-order chi connectivity index (χ0) is 18.5. The standard InChI is InChI=1S/C22H10FN3O/c23-16-7-1-4-15-17(16)12(8-9-24)19(22(15)27)18-13-5-2-10-25-20(13)21-14(18)6-3-11-26-21/h1-8,10-11H/b12-8+. The van der Waals surface area contributed by atoms with Gasteiger partial charge in [-0.25, -0.2) is 4.39 Å². The summed E-state index contributed by atoms with van der Waals surface area (Å²) in [5, 5.41) is 9.27. The monoisotopic (exact) mass is 351 g/mol. The number of carbonyl (C=O) groups excluding carboxylic acids is 1. The zero-order valence-corrected chi connectivity index (χ0v) is 13.9. The molecule has 1 aromatic carbocycles. The van der Waals surface area contributed by atoms with E-state index in [0.29, 0.717) is 28.1 Å². The third kappa shape index (κ3) is 1.98. The van der Waals surface area contributed by atoms with E-state index in [4.69, 9.17) is 0 Å². The van der Waals surface area contributed by atoms with Crippen molar-refractivity contribution in [1.29, 1.82) is 5.26 Å². The average Bonchev–Trinajstić information content (AvgIpc) is 3.16. The first-order valence-corrected chi connectivity index (χ1v) is 8.31. The number of Topliss-reactive ketones (excluding diaryl/α,β-unsaturated/α-hetero) is 1. The number of rotatable bonds is 0. The summed E-state index contributed by atoms with van der Waals surface area (Å²) < 4.78 is 14.5. The first-order valence-electron chi connectivity index (χ1n) is 8.31. The predicted octanol–water partition coefficient (Wildman–Crippen LogP) is 4.20. The van der Waals surface area contributed by atoms with Crippen LogP contribution in [-0.4, -0.2) is 15.8 Å². The van der Waals surface area contributed by atoms with Crippen molar-refractivity contribution in [3.05, 3.63) is 94.6 Å². The van der Waals surface area contributed by atoms with Gasteiger partial charge in [-0.05, 0) is 18.2 Å². The van der Waals surface area contributed by atoms with Gasteiger partial charge >= 0.3 is 0 Å². The molecule has 0 spiro atoms. The van der Waals surface area contributed by atoms with Gasteiger partial charge in [0.2, 0.25) is 0 Å². The molecule has 126 valence electrons. The molecule has 4 nitrogen and oxygen atoms in total. The quantitative estimate of drug-likeness (QED) is 0.352. The highest BCUT2D eigenvalue weighted by atomic mass is 19.1. The summed E-state index contributed by atoms with van der Waals surface area (Å²) in [6, 6.07) is 13.6. The van der Waals surface area contributed by atoms with Gasteiger partial charge in [-0.15, -0.1) is 0 Å². The Hall–Kier alpha value is -3.91. The number of ketones is 1. The Morgan fingerprint density at radius 1 is 0.889 bits per heavy atom. The second kappa shape index (κ2) is 5.55. The topological polar surface area (TPSA) is 66.6 Å². The molecular weight excluding hydrogens is 341 g/mol. The second-order valence-corrected chi connectivity index (χ2v) is 6.23. The lowest BCUT2D eigenvalue weighted by Crippen LogP contribution is -2.00. The van der Waals surface area contributed by atoms with Crippen LogP contribution in [0.3, 0.4) is 0 Å². The highest BCUT2D eigenvalue weighted by Crippen LogP contribution is 2.49. The first-order chi connectivity index (χ1) is 13.2. The molecule has 5 heteroatoms. The van der Waals surface area contributed by atoms with Gasteiger partial charge in [0.1, 0.15) is 5.82 Å². The van der Waals surface area contributed by atoms with Crippen molar-refractivity contribution < 1.29 is 9.18 Å². The van der Waals surface area contributed by atoms with Crippen molar-refractivity contribution in [1.82, 2.24) is 9.97 Å². The van der Waals surface area contributed by atoms with Crippen LogP contribution >= 0.6 is 0 Å². The maximum Gasteiger partial charge on any atom is 0.195 e. The molecule has 2 aliphatic carbocycles. The fraction of sp³-hybridized carbons (Fsp3) is 0. The van der Waals surface area contributed by atoms with E-state index in [1.54, 1.807) is 30.6 Å². The van der Waals surface area contributed by atoms with E-state index in [1.807, 2.05) is 18.2 Å². The van der Waals surface area contributed by atoms with E-state index in [9.17, 15) is 14.4 Å². The Labute approximate surface area is 154 Å². The average molecular weight is 351 g/mol. The van der Waals surface area contributed by atoms with Gasteiger partial charge in [0.05, 0.1) is 17.5 Å². The van der Waals surface area contributed by atoms with Crippen molar-refractivity contribution in [2.45, 2.75) is 0 Å². The molecule has 0 fully saturated rings. The number of nitrogens with zero attached hydrogens (tertiary/aromatic N) is 3. The summed E-state index contributed by atoms with van der Waals surface area (Å²) in [5.41, 5.74) is 4.57. The summed E-state index contributed by atoms with van der Waals surface area (Å²) in [5.74, 6) is -0.818. The van der Waals surface area contributed by atoms with Gasteiger partial charge in [0.25, 0.3) is 0 Å². The first kappa shape index (κ1) is 15.4. The number of carbonyl (C=O) groups is 1. The molecule has 0 unspecified atom stereocenters. The zero-order valence-electron chi connectivity index (χ0n) is 13.9. The number of benzene rings is 1. The molecule has 2 aliphatic rings. The molecular formula is C22H10FN3O. The molecule has 0 saturated carbocycles. The highest BCUT2D eigenvalue weighted by Gasteiger charge is 2.38. The summed E-state index contributed by atoms with van der Waals surface area (Å²) >= 11 is 0. The Bertz CT molecular complexity index is 1220. The van der Waals surface area contributed by atoms with Gasteiger partial charge in [-0.2, -0.15) is 5.26 Å². The molecule has 0 N–H and O–H groups in total. The normalized spacial score (nSPS) is 15.6. The molecule has 0 bridgehead atoms. The third-order valence-electron chi connectivity index (χ3n) is 4.86. The second-order valence-electron chi connectivity index (χ2n) is 6.23. The minimum atomic E-state index is -0.520. The number of fused-ring (bicyclic) bond motifs is 4. The Morgan fingerprint density at radius 3 is 2.15 bits per heavy atom. The van der Waals surface area contributed by atoms with E-state index < -0.39 is 5.82 Å². The third-order valence-corrected chi connectivity index (χ3v) is 4.86. The van der Waals surface area contributed by atoms with Crippen LogP contribution in [0.2, 0.25) is 0 Å². The summed E-state index contributed by atoms with van der Waals surface area (Å²) in [6.45, 7) is 0. The minimum absolute atomic E-state index is 0.175. The number of pyridine rings is 2. The van der Waals surface area contributed by atoms with Gasteiger partial charge < -0.3 is 0 Å². The summed E-state index contributed by atoms with van der Waals surface area (Å²) in [6.07, 6.45) is 4.57. The molecule has 27 heavy (non-hydrogen) atoms. The van der Waals surface area contributed by atoms with Crippen molar-refractivity contribution in [3.63, 3.8) is 0 Å². The number of halogens is 1. The molecule has 2 aromatic heterocycles. The molecule has 0 saturated heterocycles. The fourth-order valence-corrected chi connectivity index (χ4v) is 3.83. The molecule has 2 heterocycles. The Morgan fingerprint density at radius 2 is 1.52 bits per heavy atom. The van der Waals surface area contributed by atoms with Crippen LogP contribution in [-0.2, 0) is 0 Å². The van der Waals surface area contributed by atoms with Gasteiger partial charge in [0.15, 0.2) is 5.78 Å². The van der Waals surface area contributed by atoms with E-state index >= 15 is 0 Å². The maximum atomic E-state index is 14.5. The van der Waals surface area contributed by atoms with Crippen LogP contribution in [0.1, 0.15) is 27.0 Å². The molecule has 0 radical (unpaired) electrons. The van der Waals surface area contributed by atoms with Gasteiger partial charge in [-0.3, -0.25) is 14.8 Å². The van der Waals surface area contributed by atoms with Crippen molar-refractivity contribution in [3.8, 4) is 17.5 Å². The Balaban J connectivity index is 1.93. The SMILES string of the molecule is N#C/C=C1/C(=C2c3cccnc3-c3ncccc32)C(=O)c2cccc(F)c21. The van der Waals surface area contributed by atoms with E-state index in [-0.39, 0.29) is 16.9 Å². The van der Waals surface area contributed by atoms with Crippen LogP contribution in [0.5, 0.6) is 0 Å². The number of hydrogen-bond acceptors (Lipinski definition) is 4. The lowest BCUT2D eigenvalue weighted by molar-refractivity contribution is 0.104. The Kier molecular flexibility index (Phi) is 3.15. The van der Waals surface area contributed by atoms with Crippen molar-refractivity contribution >= 4 is 16.9 Å². The molecule has 0 amide bonds. The van der Waals surface area contributed by atoms with Crippen LogP contribution < -0.4 is 0 Å². The van der Waals surface area contributed by atoms with Crippen LogP contribution in [0.25, 0.3) is 22.5 Å². The van der Waals surface area contributed by atoms with Crippen LogP contribution in [0.15, 0.2) is 66.5 Å². The molecule has 5 rings (SSSR count). The fourth-order valence-electron chi connectivity index (χ4n) is 3.83. The van der Waals surface area contributed by atoms with E-state index in [1.165, 1.54) is 18.2 Å². The number of nitriles is 1. The number of hydrogen-bond donors (Lipinski definition) is 0. The molecule has 3 aromatic rings.